The molecule has 104 valence electrons. The number of nitrogens with zero attached hydrogens (tertiary/aromatic N) is 2. The minimum atomic E-state index is -0.675. The molecule has 2 N–H and O–H groups in total. The lowest BCUT2D eigenvalue weighted by atomic mass is 9.89. The highest BCUT2D eigenvalue weighted by atomic mass is 16.4. The molecule has 0 aliphatic heterocycles. The molecule has 1 aromatic heterocycles. The summed E-state index contributed by atoms with van der Waals surface area (Å²) in [6.45, 7) is 0. The molecular formula is C14H21N3O2. The number of carboxylic acids is 1. The van der Waals surface area contributed by atoms with Crippen molar-refractivity contribution in [2.75, 3.05) is 0 Å². The molecule has 0 aromatic carbocycles. The Morgan fingerprint density at radius 1 is 1.11 bits per heavy atom. The van der Waals surface area contributed by atoms with Crippen molar-refractivity contribution in [2.24, 2.45) is 5.92 Å². The van der Waals surface area contributed by atoms with E-state index < -0.39 is 5.97 Å². The lowest BCUT2D eigenvalue weighted by Gasteiger charge is -2.18. The summed E-state index contributed by atoms with van der Waals surface area (Å²) in [6.07, 6.45) is 8.66. The summed E-state index contributed by atoms with van der Waals surface area (Å²) < 4.78 is 0. The van der Waals surface area contributed by atoms with Crippen molar-refractivity contribution in [2.45, 2.75) is 63.2 Å². The van der Waals surface area contributed by atoms with Gasteiger partial charge in [-0.2, -0.15) is 5.10 Å². The van der Waals surface area contributed by atoms with E-state index in [1.807, 2.05) is 0 Å². The number of carboxylic acid groups (broad SMARTS) is 1. The number of rotatable bonds is 3. The van der Waals surface area contributed by atoms with Crippen LogP contribution in [-0.4, -0.2) is 26.3 Å². The molecule has 5 nitrogen and oxygen atoms in total. The van der Waals surface area contributed by atoms with Crippen molar-refractivity contribution < 1.29 is 9.90 Å². The first-order chi connectivity index (χ1) is 9.24. The van der Waals surface area contributed by atoms with E-state index in [2.05, 4.69) is 15.2 Å². The Hall–Kier alpha value is -1.39. The van der Waals surface area contributed by atoms with Gasteiger partial charge in [0.1, 0.15) is 5.82 Å². The fraction of sp³-hybridized carbons (Fsp3) is 0.786. The zero-order valence-electron chi connectivity index (χ0n) is 11.1. The van der Waals surface area contributed by atoms with E-state index >= 15 is 0 Å². The number of aromatic nitrogens is 3. The van der Waals surface area contributed by atoms with Crippen molar-refractivity contribution in [3.63, 3.8) is 0 Å². The fourth-order valence-corrected chi connectivity index (χ4v) is 3.47. The number of hydrogen-bond acceptors (Lipinski definition) is 3. The Kier molecular flexibility index (Phi) is 3.53. The van der Waals surface area contributed by atoms with Crippen LogP contribution in [0.15, 0.2) is 0 Å². The first-order valence-corrected chi connectivity index (χ1v) is 7.39. The molecule has 0 spiro atoms. The van der Waals surface area contributed by atoms with Crippen molar-refractivity contribution in [1.29, 1.82) is 0 Å². The van der Waals surface area contributed by atoms with Gasteiger partial charge in [-0.15, -0.1) is 0 Å². The number of hydrogen-bond donors (Lipinski definition) is 2. The summed E-state index contributed by atoms with van der Waals surface area (Å²) in [6, 6.07) is 0. The Balaban J connectivity index is 1.66. The van der Waals surface area contributed by atoms with Crippen LogP contribution < -0.4 is 0 Å². The molecule has 2 saturated carbocycles. The second kappa shape index (κ2) is 5.31. The minimum Gasteiger partial charge on any atom is -0.481 e. The molecule has 3 rings (SSSR count). The zero-order chi connectivity index (χ0) is 13.2. The molecular weight excluding hydrogens is 242 g/mol. The zero-order valence-corrected chi connectivity index (χ0v) is 11.1. The molecule has 0 amide bonds. The molecule has 2 atom stereocenters. The third kappa shape index (κ3) is 2.65. The van der Waals surface area contributed by atoms with Crippen molar-refractivity contribution in [1.82, 2.24) is 15.2 Å². The van der Waals surface area contributed by atoms with Gasteiger partial charge in [-0.1, -0.05) is 19.3 Å². The van der Waals surface area contributed by atoms with Crippen molar-refractivity contribution >= 4 is 5.97 Å². The second-order valence-electron chi connectivity index (χ2n) is 5.96. The van der Waals surface area contributed by atoms with Gasteiger partial charge in [-0.05, 0) is 32.1 Å². The van der Waals surface area contributed by atoms with Gasteiger partial charge in [0.15, 0.2) is 5.82 Å². The highest BCUT2D eigenvalue weighted by molar-refractivity contribution is 5.70. The van der Waals surface area contributed by atoms with Gasteiger partial charge in [0.2, 0.25) is 0 Å². The van der Waals surface area contributed by atoms with E-state index in [0.29, 0.717) is 12.3 Å². The molecule has 0 saturated heterocycles. The van der Waals surface area contributed by atoms with Crippen LogP contribution in [0.1, 0.15) is 74.9 Å². The normalized spacial score (nSPS) is 28.6. The van der Waals surface area contributed by atoms with Gasteiger partial charge in [-0.3, -0.25) is 9.89 Å². The number of aliphatic carboxylic acids is 1. The molecule has 2 aliphatic carbocycles. The van der Waals surface area contributed by atoms with Crippen LogP contribution in [0.5, 0.6) is 0 Å². The predicted octanol–water partition coefficient (Wildman–Crippen LogP) is 2.82. The fourth-order valence-electron chi connectivity index (χ4n) is 3.47. The van der Waals surface area contributed by atoms with E-state index in [1.54, 1.807) is 0 Å². The van der Waals surface area contributed by atoms with E-state index in [0.717, 1.165) is 24.5 Å². The van der Waals surface area contributed by atoms with Gasteiger partial charge in [0.25, 0.3) is 0 Å². The van der Waals surface area contributed by atoms with Gasteiger partial charge < -0.3 is 5.11 Å². The largest absolute Gasteiger partial charge is 0.481 e. The lowest BCUT2D eigenvalue weighted by molar-refractivity contribution is -0.141. The molecule has 2 unspecified atom stereocenters. The molecule has 0 bridgehead atoms. The molecule has 0 radical (unpaired) electrons. The molecule has 1 heterocycles. The van der Waals surface area contributed by atoms with Gasteiger partial charge in [-0.25, -0.2) is 4.98 Å². The first kappa shape index (κ1) is 12.6. The number of nitrogens with one attached hydrogen (secondary N) is 1. The standard InChI is InChI=1S/C14H21N3O2/c18-14(19)11-7-6-10(8-11)13-15-12(16-17-13)9-4-2-1-3-5-9/h9-11H,1-8H2,(H,18,19)(H,15,16,17). The van der Waals surface area contributed by atoms with Crippen LogP contribution >= 0.6 is 0 Å². The Bertz CT molecular complexity index is 451. The summed E-state index contributed by atoms with van der Waals surface area (Å²) >= 11 is 0. The second-order valence-corrected chi connectivity index (χ2v) is 5.96. The third-order valence-electron chi connectivity index (χ3n) is 4.66. The first-order valence-electron chi connectivity index (χ1n) is 7.39. The average Bonchev–Trinajstić information content (AvgIpc) is 3.09. The average molecular weight is 263 g/mol. The maximum atomic E-state index is 11.0. The summed E-state index contributed by atoms with van der Waals surface area (Å²) in [7, 11) is 0. The SMILES string of the molecule is O=C(O)C1CCC(c2n[nH]c(C3CCCCC3)n2)C1. The summed E-state index contributed by atoms with van der Waals surface area (Å²) in [5, 5.41) is 16.5. The van der Waals surface area contributed by atoms with Gasteiger partial charge in [0, 0.05) is 11.8 Å². The van der Waals surface area contributed by atoms with E-state index in [-0.39, 0.29) is 11.8 Å². The summed E-state index contributed by atoms with van der Waals surface area (Å²) in [5.41, 5.74) is 0. The minimum absolute atomic E-state index is 0.207. The number of H-pyrrole nitrogens is 1. The lowest BCUT2D eigenvalue weighted by Crippen LogP contribution is -2.09. The molecule has 2 fully saturated rings. The monoisotopic (exact) mass is 263 g/mol. The van der Waals surface area contributed by atoms with Crippen LogP contribution in [0, 0.1) is 5.92 Å². The molecule has 1 aromatic rings. The van der Waals surface area contributed by atoms with Crippen molar-refractivity contribution in [3.8, 4) is 0 Å². The quantitative estimate of drug-likeness (QED) is 0.878. The van der Waals surface area contributed by atoms with Gasteiger partial charge >= 0.3 is 5.97 Å². The Morgan fingerprint density at radius 2 is 1.89 bits per heavy atom. The molecule has 2 aliphatic rings. The summed E-state index contributed by atoms with van der Waals surface area (Å²) in [4.78, 5) is 15.6. The van der Waals surface area contributed by atoms with E-state index in [4.69, 9.17) is 5.11 Å². The van der Waals surface area contributed by atoms with Crippen molar-refractivity contribution in [3.05, 3.63) is 11.6 Å². The Labute approximate surface area is 112 Å². The highest BCUT2D eigenvalue weighted by Gasteiger charge is 2.33. The number of carbonyl (C=O) groups is 1. The van der Waals surface area contributed by atoms with Crippen LogP contribution in [0.4, 0.5) is 0 Å². The van der Waals surface area contributed by atoms with Crippen LogP contribution in [0.2, 0.25) is 0 Å². The molecule has 5 heteroatoms. The number of aromatic amines is 1. The van der Waals surface area contributed by atoms with Crippen LogP contribution in [-0.2, 0) is 4.79 Å². The van der Waals surface area contributed by atoms with E-state index in [1.165, 1.54) is 32.1 Å². The maximum absolute atomic E-state index is 11.0. The third-order valence-corrected chi connectivity index (χ3v) is 4.66. The van der Waals surface area contributed by atoms with Crippen LogP contribution in [0.3, 0.4) is 0 Å². The smallest absolute Gasteiger partial charge is 0.306 e. The summed E-state index contributed by atoms with van der Waals surface area (Å²) in [5.74, 6) is 1.74. The Morgan fingerprint density at radius 3 is 2.58 bits per heavy atom. The maximum Gasteiger partial charge on any atom is 0.306 e. The predicted molar refractivity (Wildman–Crippen MR) is 69.9 cm³/mol. The molecule has 19 heavy (non-hydrogen) atoms. The van der Waals surface area contributed by atoms with E-state index in [9.17, 15) is 4.79 Å². The van der Waals surface area contributed by atoms with Crippen LogP contribution in [0.25, 0.3) is 0 Å². The highest BCUT2D eigenvalue weighted by Crippen LogP contribution is 2.38. The van der Waals surface area contributed by atoms with Gasteiger partial charge in [0.05, 0.1) is 5.92 Å². The topological polar surface area (TPSA) is 78.9 Å².